The maximum atomic E-state index is 12.0. The van der Waals surface area contributed by atoms with Crippen LogP contribution in [-0.2, 0) is 28.4 Å². The van der Waals surface area contributed by atoms with Crippen molar-refractivity contribution in [3.8, 4) is 0 Å². The molecule has 0 aromatic heterocycles. The summed E-state index contributed by atoms with van der Waals surface area (Å²) in [6.07, 6.45) is -15.3. The van der Waals surface area contributed by atoms with Gasteiger partial charge in [-0.1, -0.05) is 34.6 Å². The molecule has 4 aliphatic carbocycles. The summed E-state index contributed by atoms with van der Waals surface area (Å²) >= 11 is 0. The van der Waals surface area contributed by atoms with Crippen molar-refractivity contribution < 1.29 is 84.6 Å². The Kier molecular flexibility index (Phi) is 14.8. The first-order valence-corrected chi connectivity index (χ1v) is 24.5. The van der Waals surface area contributed by atoms with Gasteiger partial charge in [0.05, 0.1) is 42.2 Å². The zero-order valence-electron chi connectivity index (χ0n) is 40.3. The van der Waals surface area contributed by atoms with Crippen LogP contribution in [0, 0.1) is 45.3 Å². The molecule has 7 fully saturated rings. The van der Waals surface area contributed by atoms with Gasteiger partial charge in [-0.15, -0.1) is 0 Å². The minimum Gasteiger partial charge on any atom is -0.394 e. The summed E-state index contributed by atoms with van der Waals surface area (Å²) in [5.41, 5.74) is -2.63. The zero-order valence-corrected chi connectivity index (χ0v) is 40.3. The molecule has 0 amide bonds. The topological polar surface area (TPSA) is 278 Å². The molecule has 0 spiro atoms. The van der Waals surface area contributed by atoms with Gasteiger partial charge in [0.15, 0.2) is 18.9 Å². The molecule has 17 nitrogen and oxygen atoms in total. The van der Waals surface area contributed by atoms with E-state index in [1.54, 1.807) is 13.8 Å². The summed E-state index contributed by atoms with van der Waals surface area (Å²) in [5.74, 6) is 1.08. The van der Waals surface area contributed by atoms with Crippen LogP contribution < -0.4 is 0 Å². The van der Waals surface area contributed by atoms with Crippen LogP contribution in [0.25, 0.3) is 0 Å². The summed E-state index contributed by atoms with van der Waals surface area (Å²) in [4.78, 5) is 0. The van der Waals surface area contributed by atoms with Crippen molar-refractivity contribution in [1.82, 2.24) is 0 Å². The Balaban J connectivity index is 1.06. The zero-order chi connectivity index (χ0) is 48.1. The predicted octanol–water partition coefficient (Wildman–Crippen LogP) is 1.22. The van der Waals surface area contributed by atoms with Crippen LogP contribution in [0.5, 0.6) is 0 Å². The van der Waals surface area contributed by atoms with Crippen molar-refractivity contribution in [2.75, 3.05) is 6.61 Å². The van der Waals surface area contributed by atoms with Crippen molar-refractivity contribution >= 4 is 0 Å². The summed E-state index contributed by atoms with van der Waals surface area (Å²) in [5, 5.41) is 120. The molecule has 3 saturated heterocycles. The quantitative estimate of drug-likeness (QED) is 0.123. The van der Waals surface area contributed by atoms with Crippen molar-refractivity contribution in [2.45, 2.75) is 249 Å². The fourth-order valence-electron chi connectivity index (χ4n) is 14.9. The first-order valence-electron chi connectivity index (χ1n) is 24.5. The molecule has 25 atom stereocenters. The Morgan fingerprint density at radius 1 is 0.600 bits per heavy atom. The molecular formula is C48H84O17. The predicted molar refractivity (Wildman–Crippen MR) is 232 cm³/mol. The SMILES string of the molecule is C[C@@H]1O[C@H](O[C@@H]2[C@@H](O[C@H]3[C@H](O)[C@@H](O[C@@H]4CC[C@@]5(C)[C@H]6CC[C@H]7[C@H]([C@@](C)(O)CC[C@H](O)C(C)(C)O)CC[C@@]7(C)[C@]6(C)CC[C@H]5C4(C)C)O[C@@H](CO)[C@@H]3O)O[C@@H](C)[C@H](O)[C@H]2O)[C@@H](O)[C@H](O)[C@H]1O. The fourth-order valence-corrected chi connectivity index (χ4v) is 14.9. The van der Waals surface area contributed by atoms with Gasteiger partial charge in [-0.2, -0.15) is 0 Å². The van der Waals surface area contributed by atoms with Crippen LogP contribution in [0.1, 0.15) is 133 Å². The highest BCUT2D eigenvalue weighted by Crippen LogP contribution is 2.76. The van der Waals surface area contributed by atoms with Gasteiger partial charge in [0.2, 0.25) is 0 Å². The van der Waals surface area contributed by atoms with Crippen molar-refractivity contribution in [2.24, 2.45) is 45.3 Å². The van der Waals surface area contributed by atoms with Crippen molar-refractivity contribution in [3.63, 3.8) is 0 Å². The molecule has 378 valence electrons. The van der Waals surface area contributed by atoms with Gasteiger partial charge >= 0.3 is 0 Å². The highest BCUT2D eigenvalue weighted by molar-refractivity contribution is 5.18. The van der Waals surface area contributed by atoms with Crippen LogP contribution in [0.2, 0.25) is 0 Å². The lowest BCUT2D eigenvalue weighted by atomic mass is 9.35. The smallest absolute Gasteiger partial charge is 0.187 e. The van der Waals surface area contributed by atoms with E-state index in [0.29, 0.717) is 31.1 Å². The van der Waals surface area contributed by atoms with E-state index in [9.17, 15) is 56.2 Å². The maximum Gasteiger partial charge on any atom is 0.187 e. The number of hydrogen-bond donors (Lipinski definition) is 11. The van der Waals surface area contributed by atoms with E-state index in [1.807, 2.05) is 6.92 Å². The van der Waals surface area contributed by atoms with Crippen LogP contribution >= 0.6 is 0 Å². The van der Waals surface area contributed by atoms with Crippen LogP contribution in [0.4, 0.5) is 0 Å². The third-order valence-electron chi connectivity index (χ3n) is 19.2. The van der Waals surface area contributed by atoms with Gasteiger partial charge in [-0.05, 0) is 144 Å². The molecule has 4 saturated carbocycles. The molecule has 0 bridgehead atoms. The average Bonchev–Trinajstić information content (AvgIpc) is 3.60. The number of ether oxygens (including phenoxy) is 6. The van der Waals surface area contributed by atoms with E-state index < -0.39 is 128 Å². The standard InChI is InChI=1S/C48H84O17/c1-22-31(51)34(54)36(56)40(60-22)65-39-35(55)32(52)23(2)61-42(39)64-38-33(53)26(21-49)62-41(37(38)57)63-30-16-17-45(7)27(43(30,3)4)14-19-47(9)28(45)12-11-24-25(13-18-46(24,47)8)48(10,59)20-15-29(50)44(5,6)58/h22-42,49-59H,11-21H2,1-10H3/t22-,23-,24-,25+,26-,27-,28+,29-,30+,31-,32-,33-,34+,35+,36-,37-,38+,39-,40+,41+,42+,45+,46+,47+,48-/m0/s1. The lowest BCUT2D eigenvalue weighted by molar-refractivity contribution is -0.389. The Labute approximate surface area is 384 Å². The molecule has 3 aliphatic heterocycles. The largest absolute Gasteiger partial charge is 0.394 e. The minimum atomic E-state index is -1.76. The Morgan fingerprint density at radius 2 is 1.18 bits per heavy atom. The van der Waals surface area contributed by atoms with E-state index in [0.717, 1.165) is 44.9 Å². The molecule has 7 rings (SSSR count). The number of rotatable bonds is 12. The molecule has 7 aliphatic rings. The first kappa shape index (κ1) is 52.2. The van der Waals surface area contributed by atoms with E-state index in [2.05, 4.69) is 34.6 Å². The lowest BCUT2D eigenvalue weighted by Gasteiger charge is -2.70. The number of aliphatic hydroxyl groups is 11. The highest BCUT2D eigenvalue weighted by Gasteiger charge is 2.70. The maximum absolute atomic E-state index is 12.0. The monoisotopic (exact) mass is 933 g/mol. The summed E-state index contributed by atoms with van der Waals surface area (Å²) in [6.45, 7) is 19.2. The van der Waals surface area contributed by atoms with Gasteiger partial charge in [-0.3, -0.25) is 0 Å². The summed E-state index contributed by atoms with van der Waals surface area (Å²) in [6, 6.07) is 0. The van der Waals surface area contributed by atoms with E-state index >= 15 is 0 Å². The molecule has 0 unspecified atom stereocenters. The molecule has 11 N–H and O–H groups in total. The lowest BCUT2D eigenvalue weighted by Crippen LogP contribution is -2.67. The highest BCUT2D eigenvalue weighted by atomic mass is 16.8. The summed E-state index contributed by atoms with van der Waals surface area (Å²) in [7, 11) is 0. The Bertz CT molecular complexity index is 1630. The van der Waals surface area contributed by atoms with Crippen LogP contribution in [-0.4, -0.2) is 178 Å². The Hall–Kier alpha value is -0.680. The van der Waals surface area contributed by atoms with E-state index in [1.165, 1.54) is 13.8 Å². The first-order chi connectivity index (χ1) is 30.0. The second-order valence-corrected chi connectivity index (χ2v) is 23.6. The molecule has 0 radical (unpaired) electrons. The average molecular weight is 933 g/mol. The molecular weight excluding hydrogens is 849 g/mol. The normalized spacial score (nSPS) is 52.8. The van der Waals surface area contributed by atoms with Crippen molar-refractivity contribution in [1.29, 1.82) is 0 Å². The Morgan fingerprint density at radius 3 is 1.82 bits per heavy atom. The fraction of sp³-hybridized carbons (Fsp3) is 1.00. The van der Waals surface area contributed by atoms with E-state index in [4.69, 9.17) is 28.4 Å². The van der Waals surface area contributed by atoms with Crippen LogP contribution in [0.15, 0.2) is 0 Å². The molecule has 0 aromatic rings. The summed E-state index contributed by atoms with van der Waals surface area (Å²) < 4.78 is 36.5. The number of fused-ring (bicyclic) bond motifs is 5. The number of aliphatic hydroxyl groups excluding tert-OH is 9. The molecule has 65 heavy (non-hydrogen) atoms. The van der Waals surface area contributed by atoms with Gasteiger partial charge < -0.3 is 84.6 Å². The molecule has 0 aromatic carbocycles. The second kappa shape index (κ2) is 18.5. The van der Waals surface area contributed by atoms with Gasteiger partial charge in [-0.25, -0.2) is 0 Å². The third kappa shape index (κ3) is 8.93. The minimum absolute atomic E-state index is 0.00351. The molecule has 17 heteroatoms. The van der Waals surface area contributed by atoms with Gasteiger partial charge in [0.25, 0.3) is 0 Å². The van der Waals surface area contributed by atoms with E-state index in [-0.39, 0.29) is 28.1 Å². The van der Waals surface area contributed by atoms with Crippen molar-refractivity contribution in [3.05, 3.63) is 0 Å². The van der Waals surface area contributed by atoms with Gasteiger partial charge in [0.1, 0.15) is 61.0 Å². The third-order valence-corrected chi connectivity index (χ3v) is 19.2. The van der Waals surface area contributed by atoms with Gasteiger partial charge in [0, 0.05) is 0 Å². The second-order valence-electron chi connectivity index (χ2n) is 23.6. The number of hydrogen-bond acceptors (Lipinski definition) is 17. The van der Waals surface area contributed by atoms with Crippen LogP contribution in [0.3, 0.4) is 0 Å². The molecule has 3 heterocycles.